The van der Waals surface area contributed by atoms with Crippen molar-refractivity contribution in [1.29, 1.82) is 0 Å². The van der Waals surface area contributed by atoms with Gasteiger partial charge in [-0.3, -0.25) is 13.7 Å². The van der Waals surface area contributed by atoms with E-state index in [9.17, 15) is 38.9 Å². The number of ether oxygens (including phenoxy) is 7. The molecule has 0 fully saturated rings. The first-order chi connectivity index (χ1) is 33.6. The molecule has 400 valence electrons. The molecule has 0 saturated heterocycles. The molecule has 1 aromatic rings. The van der Waals surface area contributed by atoms with Gasteiger partial charge in [-0.25, -0.2) is 4.58 Å². The molecule has 1 atom stereocenters. The van der Waals surface area contributed by atoms with Crippen LogP contribution in [0.5, 0.6) is 0 Å². The number of anilines is 1. The zero-order chi connectivity index (χ0) is 52.1. The lowest BCUT2D eigenvalue weighted by Gasteiger charge is -2.30. The summed E-state index contributed by atoms with van der Waals surface area (Å²) in [5.41, 5.74) is 2.00. The van der Waals surface area contributed by atoms with Crippen LogP contribution in [0.3, 0.4) is 0 Å². The topological polar surface area (TPSA) is 267 Å². The van der Waals surface area contributed by atoms with E-state index >= 15 is 0 Å². The Hall–Kier alpha value is -3.66. The normalized spacial score (nSPS) is 16.7. The fraction of sp³-hybridized carbons (Fsp3) is 0.604. The molecule has 0 amide bonds. The molecule has 0 bridgehead atoms. The Kier molecular flexibility index (Phi) is 24.2. The van der Waals surface area contributed by atoms with Crippen LogP contribution in [-0.4, -0.2) is 175 Å². The molecular weight excluding hydrogens is 989 g/mol. The van der Waals surface area contributed by atoms with Crippen LogP contribution in [0.25, 0.3) is 17.4 Å². The van der Waals surface area contributed by atoms with E-state index in [2.05, 4.69) is 0 Å². The van der Waals surface area contributed by atoms with Gasteiger partial charge in [-0.1, -0.05) is 32.9 Å². The summed E-state index contributed by atoms with van der Waals surface area (Å²) in [5, 5.41) is 9.63. The molecule has 0 radical (unpaired) electrons. The number of nitrogens with zero attached hydrogens (tertiary/aromatic N) is 2. The van der Waals surface area contributed by atoms with Crippen molar-refractivity contribution in [2.24, 2.45) is 0 Å². The predicted octanol–water partition coefficient (Wildman–Crippen LogP) is 4.06. The Morgan fingerprint density at radius 2 is 1.28 bits per heavy atom. The molecule has 1 aliphatic carbocycles. The molecule has 0 saturated carbocycles. The van der Waals surface area contributed by atoms with Crippen molar-refractivity contribution in [3.05, 3.63) is 82.6 Å². The van der Waals surface area contributed by atoms with Crippen molar-refractivity contribution in [3.8, 4) is 11.3 Å². The van der Waals surface area contributed by atoms with Gasteiger partial charge in [-0.05, 0) is 67.3 Å². The second kappa shape index (κ2) is 28.7. The quantitative estimate of drug-likeness (QED) is 0.0373. The second-order valence-corrected chi connectivity index (χ2v) is 22.5. The van der Waals surface area contributed by atoms with E-state index in [1.54, 1.807) is 13.2 Å². The molecule has 0 spiro atoms. The van der Waals surface area contributed by atoms with Crippen LogP contribution >= 0.6 is 0 Å². The van der Waals surface area contributed by atoms with Gasteiger partial charge in [-0.15, -0.1) is 0 Å². The van der Waals surface area contributed by atoms with Crippen LogP contribution < -0.4 is 14.8 Å². The third kappa shape index (κ3) is 20.3. The fourth-order valence-corrected chi connectivity index (χ4v) is 9.29. The van der Waals surface area contributed by atoms with Crippen molar-refractivity contribution in [2.45, 2.75) is 62.7 Å². The van der Waals surface area contributed by atoms with Crippen molar-refractivity contribution in [3.63, 3.8) is 0 Å². The Morgan fingerprint density at radius 3 is 1.86 bits per heavy atom. The number of aliphatic hydroxyl groups excluding tert-OH is 1. The van der Waals surface area contributed by atoms with Gasteiger partial charge < -0.3 is 47.6 Å². The minimum atomic E-state index is -4.61. The highest BCUT2D eigenvalue weighted by Gasteiger charge is 2.44. The zero-order valence-corrected chi connectivity index (χ0v) is 43.9. The molecule has 2 heterocycles. The van der Waals surface area contributed by atoms with Crippen LogP contribution in [-0.2, 0) is 74.3 Å². The molecule has 23 heteroatoms. The minimum Gasteiger partial charge on any atom is -0.460 e. The molecule has 20 nitrogen and oxygen atoms in total. The summed E-state index contributed by atoms with van der Waals surface area (Å²) in [6.45, 7) is 13.1. The van der Waals surface area contributed by atoms with Gasteiger partial charge in [0, 0.05) is 60.5 Å². The second-order valence-electron chi connectivity index (χ2n) is 18.0. The molecule has 4 N–H and O–H groups in total. The predicted molar refractivity (Wildman–Crippen MR) is 268 cm³/mol. The molecule has 1 unspecified atom stereocenters. The maximum Gasteiger partial charge on any atom is 0.294 e. The maximum absolute atomic E-state index is 12.4. The Morgan fingerprint density at radius 1 is 0.704 bits per heavy atom. The Balaban J connectivity index is 1.72. The average Bonchev–Trinajstić information content (AvgIpc) is 3.52. The molecule has 2 aliphatic heterocycles. The van der Waals surface area contributed by atoms with Crippen LogP contribution in [0.2, 0.25) is 0 Å². The third-order valence-electron chi connectivity index (χ3n) is 11.4. The van der Waals surface area contributed by atoms with Crippen molar-refractivity contribution >= 4 is 42.1 Å². The first kappa shape index (κ1) is 59.9. The van der Waals surface area contributed by atoms with Gasteiger partial charge >= 0.3 is 0 Å². The van der Waals surface area contributed by atoms with Gasteiger partial charge in [-0.2, -0.15) is 25.3 Å². The number of benzene rings is 2. The van der Waals surface area contributed by atoms with E-state index in [1.807, 2.05) is 79.7 Å². The highest BCUT2D eigenvalue weighted by atomic mass is 32.2. The molecule has 0 aromatic heterocycles. The number of fused-ring (bicyclic) bond motifs is 2. The first-order valence-corrected chi connectivity index (χ1v) is 28.1. The summed E-state index contributed by atoms with van der Waals surface area (Å²) < 4.78 is 148. The van der Waals surface area contributed by atoms with E-state index in [-0.39, 0.29) is 63.9 Å². The molecule has 3 aliphatic rings. The van der Waals surface area contributed by atoms with Crippen LogP contribution in [0.15, 0.2) is 69.6 Å². The molecule has 1 aromatic carbocycles. The van der Waals surface area contributed by atoms with Gasteiger partial charge in [0.1, 0.15) is 24.7 Å². The van der Waals surface area contributed by atoms with Crippen molar-refractivity contribution < 1.29 is 81.6 Å². The smallest absolute Gasteiger partial charge is 0.294 e. The monoisotopic (exact) mass is 1060 g/mol. The zero-order valence-electron chi connectivity index (χ0n) is 41.5. The standard InChI is InChI=1S/C48H72N2O18S3/c1-47(2,3)46-35-38(41-13-11-39(36-44(41)68-46)49(16-7-33-69(52,53)54)18-21-63-26-29-67-32-31-65-24-23-61-5)9-6-10-45-48(4,15-20-62-25-28-66-30-27-64-22-19-51)42-37-40(71(58,59)60)12-14-43(42)50(45)17-8-34-70(55,56)57/h6,9-14,35-37,51H,7-8,15-34H2,1-5H3,(H2-,52,53,54,55,56,57,58,59,60)/p+1. The number of hydrogen-bond donors (Lipinski definition) is 4. The number of hydrogen-bond acceptors (Lipinski definition) is 16. The van der Waals surface area contributed by atoms with E-state index < -0.39 is 52.7 Å². The van der Waals surface area contributed by atoms with Crippen molar-refractivity contribution in [1.82, 2.24) is 4.58 Å². The van der Waals surface area contributed by atoms with Gasteiger partial charge in [0.2, 0.25) is 5.36 Å². The summed E-state index contributed by atoms with van der Waals surface area (Å²) in [6.07, 6.45) is 6.15. The number of rotatable bonds is 34. The molecule has 4 rings (SSSR count). The molecular formula is C48H73N2O18S3+. The summed E-state index contributed by atoms with van der Waals surface area (Å²) in [4.78, 5) is 1.57. The van der Waals surface area contributed by atoms with Crippen LogP contribution in [0.1, 0.15) is 63.8 Å². The van der Waals surface area contributed by atoms with Gasteiger partial charge in [0.15, 0.2) is 6.54 Å². The van der Waals surface area contributed by atoms with Gasteiger partial charge in [0.25, 0.3) is 30.4 Å². The highest BCUT2D eigenvalue weighted by molar-refractivity contribution is 7.86. The number of aliphatic hydroxyl groups is 1. The summed E-state index contributed by atoms with van der Waals surface area (Å²) in [7, 11) is -11.5. The SMILES string of the molecule is COCCOCCOCCOCC[N+](CCCS(=O)(=O)O)=c1ccc2c(/C=C/C=C3\N(CCCS(=O)(=O)O)c4ccc(S(=O)(=O)O)cc4C3(C)CCOCCOCCOCCO)cc(C(C)(C)C)oc-2c1. The number of allylic oxidation sites excluding steroid dienone is 3. The largest absolute Gasteiger partial charge is 0.460 e. The van der Waals surface area contributed by atoms with E-state index in [1.165, 1.54) is 12.1 Å². The first-order valence-electron chi connectivity index (χ1n) is 23.5. The maximum atomic E-state index is 12.4. The summed E-state index contributed by atoms with van der Waals surface area (Å²) in [6, 6.07) is 11.9. The van der Waals surface area contributed by atoms with E-state index in [0.717, 1.165) is 16.5 Å². The van der Waals surface area contributed by atoms with E-state index in [0.29, 0.717) is 101 Å². The Labute approximate surface area is 418 Å². The lowest BCUT2D eigenvalue weighted by Crippen LogP contribution is -2.35. The third-order valence-corrected chi connectivity index (χ3v) is 13.9. The minimum absolute atomic E-state index is 0.0344. The Bertz CT molecular complexity index is 2570. The highest BCUT2D eigenvalue weighted by Crippen LogP contribution is 2.51. The van der Waals surface area contributed by atoms with Crippen molar-refractivity contribution in [2.75, 3.05) is 136 Å². The van der Waals surface area contributed by atoms with Crippen LogP contribution in [0, 0.1) is 0 Å². The lowest BCUT2D eigenvalue weighted by molar-refractivity contribution is 0.00371. The average molecular weight is 1060 g/mol. The van der Waals surface area contributed by atoms with Crippen LogP contribution in [0.4, 0.5) is 5.69 Å². The fourth-order valence-electron chi connectivity index (χ4n) is 7.80. The van der Waals surface area contributed by atoms with Gasteiger partial charge in [0.05, 0.1) is 102 Å². The summed E-state index contributed by atoms with van der Waals surface area (Å²) >= 11 is 0. The summed E-state index contributed by atoms with van der Waals surface area (Å²) in [5.74, 6) is 0.280. The molecule has 71 heavy (non-hydrogen) atoms. The number of methoxy groups -OCH3 is 1. The lowest BCUT2D eigenvalue weighted by atomic mass is 9.78. The van der Waals surface area contributed by atoms with E-state index in [4.69, 9.17) is 42.7 Å².